The van der Waals surface area contributed by atoms with Crippen LogP contribution < -0.4 is 5.32 Å². The van der Waals surface area contributed by atoms with Crippen molar-refractivity contribution in [2.45, 2.75) is 26.2 Å². The van der Waals surface area contributed by atoms with E-state index < -0.39 is 17.9 Å². The van der Waals surface area contributed by atoms with E-state index in [9.17, 15) is 14.4 Å². The van der Waals surface area contributed by atoms with E-state index in [2.05, 4.69) is 5.32 Å². The lowest BCUT2D eigenvalue weighted by molar-refractivity contribution is -0.141. The van der Waals surface area contributed by atoms with Gasteiger partial charge in [0.15, 0.2) is 0 Å². The van der Waals surface area contributed by atoms with Crippen molar-refractivity contribution in [3.8, 4) is 0 Å². The minimum atomic E-state index is -1.02. The van der Waals surface area contributed by atoms with E-state index in [1.165, 1.54) is 0 Å². The standard InChI is InChI=1S/C9H15NO5/c1-6(9(14)15)4-5-10-7(11)2-3-8(12)13/h6H,2-5H2,1H3,(H,10,11)(H,12,13)(H,14,15). The lowest BCUT2D eigenvalue weighted by atomic mass is 10.1. The molecule has 0 aliphatic rings. The van der Waals surface area contributed by atoms with Crippen LogP contribution in [-0.2, 0) is 14.4 Å². The highest BCUT2D eigenvalue weighted by Gasteiger charge is 2.11. The van der Waals surface area contributed by atoms with Gasteiger partial charge in [0.05, 0.1) is 12.3 Å². The monoisotopic (exact) mass is 217 g/mol. The smallest absolute Gasteiger partial charge is 0.306 e. The van der Waals surface area contributed by atoms with Crippen molar-refractivity contribution >= 4 is 17.8 Å². The summed E-state index contributed by atoms with van der Waals surface area (Å²) < 4.78 is 0. The molecule has 0 radical (unpaired) electrons. The van der Waals surface area contributed by atoms with Gasteiger partial charge in [0.2, 0.25) is 5.91 Å². The Bertz CT molecular complexity index is 251. The first-order chi connectivity index (χ1) is 6.93. The third kappa shape index (κ3) is 7.48. The zero-order valence-corrected chi connectivity index (χ0v) is 8.52. The number of rotatable bonds is 7. The number of aliphatic carboxylic acids is 2. The van der Waals surface area contributed by atoms with Crippen LogP contribution in [0.3, 0.4) is 0 Å². The molecule has 1 unspecified atom stereocenters. The quantitative estimate of drug-likeness (QED) is 0.560. The van der Waals surface area contributed by atoms with Crippen molar-refractivity contribution in [1.29, 1.82) is 0 Å². The lowest BCUT2D eigenvalue weighted by Crippen LogP contribution is -2.27. The maximum atomic E-state index is 11.0. The molecular weight excluding hydrogens is 202 g/mol. The maximum Gasteiger partial charge on any atom is 0.306 e. The van der Waals surface area contributed by atoms with Gasteiger partial charge in [0.25, 0.3) is 0 Å². The van der Waals surface area contributed by atoms with Gasteiger partial charge in [0, 0.05) is 13.0 Å². The topological polar surface area (TPSA) is 104 Å². The van der Waals surface area contributed by atoms with Crippen molar-refractivity contribution in [3.05, 3.63) is 0 Å². The summed E-state index contributed by atoms with van der Waals surface area (Å²) in [5.41, 5.74) is 0. The third-order valence-corrected chi connectivity index (χ3v) is 1.89. The van der Waals surface area contributed by atoms with Gasteiger partial charge >= 0.3 is 11.9 Å². The molecule has 0 aromatic carbocycles. The number of carbonyl (C=O) groups is 3. The highest BCUT2D eigenvalue weighted by molar-refractivity contribution is 5.80. The number of hydrogen-bond acceptors (Lipinski definition) is 3. The molecule has 0 spiro atoms. The molecule has 0 aliphatic carbocycles. The molecule has 0 fully saturated rings. The van der Waals surface area contributed by atoms with Crippen molar-refractivity contribution in [2.24, 2.45) is 5.92 Å². The molecule has 0 rings (SSSR count). The van der Waals surface area contributed by atoms with E-state index in [1.54, 1.807) is 6.92 Å². The Morgan fingerprint density at radius 2 is 1.80 bits per heavy atom. The second kappa shape index (κ2) is 6.80. The molecule has 0 saturated carbocycles. The fourth-order valence-electron chi connectivity index (χ4n) is 0.860. The van der Waals surface area contributed by atoms with Crippen LogP contribution in [0.25, 0.3) is 0 Å². The van der Waals surface area contributed by atoms with E-state index in [0.29, 0.717) is 6.42 Å². The van der Waals surface area contributed by atoms with Crippen molar-refractivity contribution < 1.29 is 24.6 Å². The molecule has 6 heteroatoms. The number of nitrogens with one attached hydrogen (secondary N) is 1. The SMILES string of the molecule is CC(CCNC(=O)CCC(=O)O)C(=O)O. The average Bonchev–Trinajstić information content (AvgIpc) is 2.14. The molecule has 86 valence electrons. The molecule has 0 heterocycles. The van der Waals surface area contributed by atoms with Crippen molar-refractivity contribution in [3.63, 3.8) is 0 Å². The summed E-state index contributed by atoms with van der Waals surface area (Å²) >= 11 is 0. The first-order valence-electron chi connectivity index (χ1n) is 4.64. The Labute approximate surface area is 87.3 Å². The normalized spacial score (nSPS) is 11.8. The van der Waals surface area contributed by atoms with Crippen LogP contribution in [0.15, 0.2) is 0 Å². The van der Waals surface area contributed by atoms with Crippen LogP contribution in [0, 0.1) is 5.92 Å². The van der Waals surface area contributed by atoms with E-state index in [4.69, 9.17) is 10.2 Å². The molecule has 0 aliphatic heterocycles. The minimum Gasteiger partial charge on any atom is -0.481 e. The summed E-state index contributed by atoms with van der Waals surface area (Å²) in [6.45, 7) is 1.80. The minimum absolute atomic E-state index is 0.0726. The molecular formula is C9H15NO5. The Kier molecular flexibility index (Phi) is 6.08. The van der Waals surface area contributed by atoms with Crippen LogP contribution in [0.4, 0.5) is 0 Å². The summed E-state index contributed by atoms with van der Waals surface area (Å²) in [4.78, 5) is 31.5. The molecule has 0 saturated heterocycles. The molecule has 0 aromatic rings. The zero-order chi connectivity index (χ0) is 11.8. The van der Waals surface area contributed by atoms with Crippen LogP contribution >= 0.6 is 0 Å². The molecule has 1 atom stereocenters. The molecule has 6 nitrogen and oxygen atoms in total. The number of carboxylic acid groups (broad SMARTS) is 2. The highest BCUT2D eigenvalue weighted by Crippen LogP contribution is 1.99. The summed E-state index contributed by atoms with van der Waals surface area (Å²) in [6, 6.07) is 0. The van der Waals surface area contributed by atoms with E-state index in [1.807, 2.05) is 0 Å². The molecule has 0 bridgehead atoms. The largest absolute Gasteiger partial charge is 0.481 e. The van der Waals surface area contributed by atoms with Crippen molar-refractivity contribution in [2.75, 3.05) is 6.54 Å². The second-order valence-corrected chi connectivity index (χ2v) is 3.27. The summed E-state index contributed by atoms with van der Waals surface area (Å²) in [5.74, 6) is -2.81. The lowest BCUT2D eigenvalue weighted by Gasteiger charge is -2.06. The predicted octanol–water partition coefficient (Wildman–Crippen LogP) is 0.0782. The van der Waals surface area contributed by atoms with E-state index >= 15 is 0 Å². The van der Waals surface area contributed by atoms with Crippen LogP contribution in [0.2, 0.25) is 0 Å². The Morgan fingerprint density at radius 1 is 1.20 bits per heavy atom. The molecule has 0 aromatic heterocycles. The fourth-order valence-corrected chi connectivity index (χ4v) is 0.860. The van der Waals surface area contributed by atoms with E-state index in [0.717, 1.165) is 0 Å². The van der Waals surface area contributed by atoms with Gasteiger partial charge in [-0.3, -0.25) is 14.4 Å². The highest BCUT2D eigenvalue weighted by atomic mass is 16.4. The fraction of sp³-hybridized carbons (Fsp3) is 0.667. The van der Waals surface area contributed by atoms with Gasteiger partial charge in [0.1, 0.15) is 0 Å². The first-order valence-corrected chi connectivity index (χ1v) is 4.64. The van der Waals surface area contributed by atoms with Crippen LogP contribution in [0.1, 0.15) is 26.2 Å². The number of carbonyl (C=O) groups excluding carboxylic acids is 1. The van der Waals surface area contributed by atoms with E-state index in [-0.39, 0.29) is 25.3 Å². The molecule has 15 heavy (non-hydrogen) atoms. The summed E-state index contributed by atoms with van der Waals surface area (Å²) in [5, 5.41) is 19.3. The van der Waals surface area contributed by atoms with Crippen LogP contribution in [0.5, 0.6) is 0 Å². The van der Waals surface area contributed by atoms with Gasteiger partial charge in [-0.05, 0) is 6.42 Å². The first kappa shape index (κ1) is 13.4. The van der Waals surface area contributed by atoms with Gasteiger partial charge in [-0.25, -0.2) is 0 Å². The van der Waals surface area contributed by atoms with Gasteiger partial charge in [-0.1, -0.05) is 6.92 Å². The number of hydrogen-bond donors (Lipinski definition) is 3. The Hall–Kier alpha value is -1.59. The number of amides is 1. The molecule has 3 N–H and O–H groups in total. The van der Waals surface area contributed by atoms with Gasteiger partial charge < -0.3 is 15.5 Å². The third-order valence-electron chi connectivity index (χ3n) is 1.89. The predicted molar refractivity (Wildman–Crippen MR) is 51.3 cm³/mol. The van der Waals surface area contributed by atoms with Gasteiger partial charge in [-0.2, -0.15) is 0 Å². The number of carboxylic acids is 2. The summed E-state index contributed by atoms with van der Waals surface area (Å²) in [6.07, 6.45) is 0.0608. The zero-order valence-electron chi connectivity index (χ0n) is 8.52. The maximum absolute atomic E-state index is 11.0. The van der Waals surface area contributed by atoms with Crippen molar-refractivity contribution in [1.82, 2.24) is 5.32 Å². The Balaban J connectivity index is 3.55. The molecule has 1 amide bonds. The second-order valence-electron chi connectivity index (χ2n) is 3.27. The average molecular weight is 217 g/mol. The van der Waals surface area contributed by atoms with Crippen LogP contribution in [-0.4, -0.2) is 34.6 Å². The summed E-state index contributed by atoms with van der Waals surface area (Å²) in [7, 11) is 0. The van der Waals surface area contributed by atoms with Gasteiger partial charge in [-0.15, -0.1) is 0 Å². The Morgan fingerprint density at radius 3 is 2.27 bits per heavy atom.